The molecule has 0 fully saturated rings. The van der Waals surface area contributed by atoms with Crippen LogP contribution in [0.1, 0.15) is 10.4 Å². The van der Waals surface area contributed by atoms with Gasteiger partial charge in [0.2, 0.25) is 5.91 Å². The topological polar surface area (TPSA) is 78.4 Å². The van der Waals surface area contributed by atoms with Crippen LogP contribution in [0.25, 0.3) is 0 Å². The number of nitrogens with one attached hydrogen (secondary N) is 2. The first kappa shape index (κ1) is 17.4. The van der Waals surface area contributed by atoms with Gasteiger partial charge in [0, 0.05) is 12.3 Å². The summed E-state index contributed by atoms with van der Waals surface area (Å²) in [5.41, 5.74) is 0.346. The highest BCUT2D eigenvalue weighted by atomic mass is 35.5. The van der Waals surface area contributed by atoms with Crippen molar-refractivity contribution in [3.63, 3.8) is 0 Å². The van der Waals surface area contributed by atoms with Gasteiger partial charge in [-0.25, -0.2) is 4.79 Å². The zero-order valence-electron chi connectivity index (χ0n) is 11.2. The monoisotopic (exact) mass is 326 g/mol. The SMILES string of the molecule is C#CCSCCNCC(=O)Nc1cc(C(=O)O)ccc1Cl. The second kappa shape index (κ2) is 9.29. The third kappa shape index (κ3) is 6.54. The Morgan fingerprint density at radius 1 is 1.43 bits per heavy atom. The number of amides is 1. The van der Waals surface area contributed by atoms with Gasteiger partial charge in [0.15, 0.2) is 0 Å². The van der Waals surface area contributed by atoms with Gasteiger partial charge in [-0.3, -0.25) is 4.79 Å². The molecule has 0 saturated carbocycles. The molecule has 0 bridgehead atoms. The van der Waals surface area contributed by atoms with Gasteiger partial charge in [0.25, 0.3) is 0 Å². The Kier molecular flexibility index (Phi) is 7.69. The average Bonchev–Trinajstić information content (AvgIpc) is 2.44. The van der Waals surface area contributed by atoms with E-state index in [0.29, 0.717) is 12.3 Å². The van der Waals surface area contributed by atoms with Gasteiger partial charge in [0.05, 0.1) is 28.6 Å². The molecule has 21 heavy (non-hydrogen) atoms. The summed E-state index contributed by atoms with van der Waals surface area (Å²) in [6.07, 6.45) is 5.12. The number of rotatable bonds is 8. The van der Waals surface area contributed by atoms with E-state index in [1.165, 1.54) is 18.2 Å². The largest absolute Gasteiger partial charge is 0.478 e. The van der Waals surface area contributed by atoms with Crippen LogP contribution in [-0.2, 0) is 4.79 Å². The quantitative estimate of drug-likeness (QED) is 0.502. The predicted molar refractivity (Wildman–Crippen MR) is 86.1 cm³/mol. The normalized spacial score (nSPS) is 9.90. The second-order valence-corrected chi connectivity index (χ2v) is 5.49. The smallest absolute Gasteiger partial charge is 0.335 e. The van der Waals surface area contributed by atoms with Crippen molar-refractivity contribution < 1.29 is 14.7 Å². The highest BCUT2D eigenvalue weighted by Gasteiger charge is 2.09. The van der Waals surface area contributed by atoms with Crippen LogP contribution in [0.15, 0.2) is 18.2 Å². The molecule has 1 amide bonds. The third-order valence-corrected chi connectivity index (χ3v) is 3.57. The number of carbonyl (C=O) groups excluding carboxylic acids is 1. The molecule has 0 saturated heterocycles. The summed E-state index contributed by atoms with van der Waals surface area (Å²) in [5.74, 6) is 2.60. The summed E-state index contributed by atoms with van der Waals surface area (Å²) < 4.78 is 0. The summed E-state index contributed by atoms with van der Waals surface area (Å²) in [6.45, 7) is 0.771. The lowest BCUT2D eigenvalue weighted by molar-refractivity contribution is -0.115. The molecule has 0 radical (unpaired) electrons. The molecule has 1 rings (SSSR count). The first-order valence-corrected chi connectivity index (χ1v) is 7.62. The van der Waals surface area contributed by atoms with Crippen LogP contribution >= 0.6 is 23.4 Å². The highest BCUT2D eigenvalue weighted by molar-refractivity contribution is 7.99. The first-order chi connectivity index (χ1) is 10.0. The van der Waals surface area contributed by atoms with E-state index in [0.717, 1.165) is 5.75 Å². The van der Waals surface area contributed by atoms with Crippen LogP contribution < -0.4 is 10.6 Å². The van der Waals surface area contributed by atoms with Gasteiger partial charge < -0.3 is 15.7 Å². The number of anilines is 1. The van der Waals surface area contributed by atoms with E-state index in [1.807, 2.05) is 0 Å². The molecule has 0 aromatic heterocycles. The van der Waals surface area contributed by atoms with Crippen molar-refractivity contribution in [3.8, 4) is 12.3 Å². The van der Waals surface area contributed by atoms with Crippen molar-refractivity contribution in [1.29, 1.82) is 0 Å². The Morgan fingerprint density at radius 3 is 2.86 bits per heavy atom. The molecule has 0 aliphatic carbocycles. The van der Waals surface area contributed by atoms with E-state index in [4.69, 9.17) is 23.1 Å². The van der Waals surface area contributed by atoms with Crippen molar-refractivity contribution >= 4 is 40.9 Å². The lowest BCUT2D eigenvalue weighted by Gasteiger charge is -2.09. The fourth-order valence-electron chi connectivity index (χ4n) is 1.43. The molecule has 1 aromatic rings. The summed E-state index contributed by atoms with van der Waals surface area (Å²) in [7, 11) is 0. The lowest BCUT2D eigenvalue weighted by Crippen LogP contribution is -2.29. The molecule has 0 unspecified atom stereocenters. The molecule has 5 nitrogen and oxygen atoms in total. The fourth-order valence-corrected chi connectivity index (χ4v) is 2.14. The number of halogens is 1. The van der Waals surface area contributed by atoms with Gasteiger partial charge in [-0.05, 0) is 18.2 Å². The number of thioether (sulfide) groups is 1. The van der Waals surface area contributed by atoms with Crippen LogP contribution in [0.5, 0.6) is 0 Å². The van der Waals surface area contributed by atoms with Gasteiger partial charge in [0.1, 0.15) is 0 Å². The maximum atomic E-state index is 11.7. The van der Waals surface area contributed by atoms with E-state index in [2.05, 4.69) is 16.6 Å². The molecule has 0 heterocycles. The number of hydrogen-bond donors (Lipinski definition) is 3. The number of carboxylic acid groups (broad SMARTS) is 1. The predicted octanol–water partition coefficient (Wildman–Crippen LogP) is 1.93. The van der Waals surface area contributed by atoms with E-state index in [1.54, 1.807) is 11.8 Å². The van der Waals surface area contributed by atoms with Crippen molar-refractivity contribution in [3.05, 3.63) is 28.8 Å². The molecule has 0 atom stereocenters. The zero-order valence-corrected chi connectivity index (χ0v) is 12.8. The number of benzene rings is 1. The molecule has 0 aliphatic heterocycles. The Bertz CT molecular complexity index is 558. The molecule has 1 aromatic carbocycles. The minimum atomic E-state index is -1.08. The minimum Gasteiger partial charge on any atom is -0.478 e. The highest BCUT2D eigenvalue weighted by Crippen LogP contribution is 2.22. The van der Waals surface area contributed by atoms with Gasteiger partial charge in [-0.2, -0.15) is 0 Å². The summed E-state index contributed by atoms with van der Waals surface area (Å²) >= 11 is 7.51. The minimum absolute atomic E-state index is 0.0633. The standard InChI is InChI=1S/C14H15ClN2O3S/c1-2-6-21-7-5-16-9-13(18)17-12-8-10(14(19)20)3-4-11(12)15/h1,3-4,8,16H,5-7,9H2,(H,17,18)(H,19,20). The van der Waals surface area contributed by atoms with Crippen LogP contribution in [0.2, 0.25) is 5.02 Å². The Balaban J connectivity index is 2.42. The van der Waals surface area contributed by atoms with Crippen LogP contribution in [-0.4, -0.2) is 41.6 Å². The Labute approximate surface area is 132 Å². The number of aromatic carboxylic acids is 1. The van der Waals surface area contributed by atoms with E-state index < -0.39 is 5.97 Å². The lowest BCUT2D eigenvalue weighted by atomic mass is 10.2. The maximum absolute atomic E-state index is 11.7. The molecule has 112 valence electrons. The van der Waals surface area contributed by atoms with Crippen LogP contribution in [0.3, 0.4) is 0 Å². The maximum Gasteiger partial charge on any atom is 0.335 e. The molecular formula is C14H15ClN2O3S. The van der Waals surface area contributed by atoms with Crippen LogP contribution in [0, 0.1) is 12.3 Å². The van der Waals surface area contributed by atoms with E-state index >= 15 is 0 Å². The van der Waals surface area contributed by atoms with E-state index in [-0.39, 0.29) is 28.7 Å². The Morgan fingerprint density at radius 2 is 2.19 bits per heavy atom. The molecule has 0 aliphatic rings. The van der Waals surface area contributed by atoms with Crippen molar-refractivity contribution in [1.82, 2.24) is 5.32 Å². The number of terminal acetylenes is 1. The third-order valence-electron chi connectivity index (χ3n) is 2.38. The average molecular weight is 327 g/mol. The Hall–Kier alpha value is -1.68. The summed E-state index contributed by atoms with van der Waals surface area (Å²) in [4.78, 5) is 22.6. The molecule has 7 heteroatoms. The van der Waals surface area contributed by atoms with Gasteiger partial charge in [-0.1, -0.05) is 17.5 Å². The summed E-state index contributed by atoms with van der Waals surface area (Å²) in [5, 5.41) is 14.7. The van der Waals surface area contributed by atoms with Crippen molar-refractivity contribution in [2.75, 3.05) is 29.9 Å². The zero-order chi connectivity index (χ0) is 15.7. The fraction of sp³-hybridized carbons (Fsp3) is 0.286. The second-order valence-electron chi connectivity index (χ2n) is 3.98. The molecular weight excluding hydrogens is 312 g/mol. The van der Waals surface area contributed by atoms with Crippen molar-refractivity contribution in [2.45, 2.75) is 0 Å². The molecule has 3 N–H and O–H groups in total. The van der Waals surface area contributed by atoms with E-state index in [9.17, 15) is 9.59 Å². The summed E-state index contributed by atoms with van der Waals surface area (Å²) in [6, 6.07) is 4.14. The van der Waals surface area contributed by atoms with Crippen molar-refractivity contribution in [2.24, 2.45) is 0 Å². The number of carboxylic acids is 1. The molecule has 0 spiro atoms. The van der Waals surface area contributed by atoms with Crippen LogP contribution in [0.4, 0.5) is 5.69 Å². The number of carbonyl (C=O) groups is 2. The van der Waals surface area contributed by atoms with Gasteiger partial charge >= 0.3 is 5.97 Å². The van der Waals surface area contributed by atoms with Gasteiger partial charge in [-0.15, -0.1) is 18.2 Å². The first-order valence-electron chi connectivity index (χ1n) is 6.09. The number of hydrogen-bond acceptors (Lipinski definition) is 4.